The number of hydrogen-bond acceptors (Lipinski definition) is 3. The van der Waals surface area contributed by atoms with Crippen LogP contribution in [0, 0.1) is 0 Å². The average molecular weight is 255 g/mol. The fraction of sp³-hybridized carbons (Fsp3) is 1.00. The first-order chi connectivity index (χ1) is 8.86. The lowest BCUT2D eigenvalue weighted by Gasteiger charge is -2.34. The minimum Gasteiger partial charge on any atom is -0.317 e. The van der Waals surface area contributed by atoms with Crippen LogP contribution in [0.3, 0.4) is 0 Å². The molecule has 3 heteroatoms. The molecule has 1 N–H and O–H groups in total. The normalized spacial score (nSPS) is 18.3. The zero-order valence-corrected chi connectivity index (χ0v) is 12.6. The summed E-state index contributed by atoms with van der Waals surface area (Å²) in [5.74, 6) is 0. The Hall–Kier alpha value is -0.120. The molecule has 0 amide bonds. The molecular weight excluding hydrogens is 222 g/mol. The number of rotatable bonds is 10. The van der Waals surface area contributed by atoms with Crippen LogP contribution in [0.2, 0.25) is 0 Å². The minimum atomic E-state index is 1.11. The van der Waals surface area contributed by atoms with E-state index in [4.69, 9.17) is 0 Å². The van der Waals surface area contributed by atoms with E-state index < -0.39 is 0 Å². The van der Waals surface area contributed by atoms with Gasteiger partial charge in [0.05, 0.1) is 0 Å². The standard InChI is InChI=1S/C15H33N3/c1-3-10-17-12-14-18(15-13-17)11-8-6-5-7-9-16-4-2/h16H,3-15H2,1-2H3. The van der Waals surface area contributed by atoms with Gasteiger partial charge in [-0.1, -0.05) is 26.7 Å². The van der Waals surface area contributed by atoms with Crippen LogP contribution < -0.4 is 5.32 Å². The Morgan fingerprint density at radius 2 is 1.39 bits per heavy atom. The summed E-state index contributed by atoms with van der Waals surface area (Å²) in [6.07, 6.45) is 6.83. The van der Waals surface area contributed by atoms with Crippen LogP contribution in [0.15, 0.2) is 0 Å². The highest BCUT2D eigenvalue weighted by Gasteiger charge is 2.14. The second-order valence-corrected chi connectivity index (χ2v) is 5.45. The molecule has 0 spiro atoms. The lowest BCUT2D eigenvalue weighted by molar-refractivity contribution is 0.131. The summed E-state index contributed by atoms with van der Waals surface area (Å²) >= 11 is 0. The molecule has 0 aromatic rings. The van der Waals surface area contributed by atoms with E-state index in [0.29, 0.717) is 0 Å². The van der Waals surface area contributed by atoms with Crippen LogP contribution >= 0.6 is 0 Å². The summed E-state index contributed by atoms with van der Waals surface area (Å²) in [6, 6.07) is 0. The zero-order valence-electron chi connectivity index (χ0n) is 12.6. The van der Waals surface area contributed by atoms with Crippen LogP contribution in [0.4, 0.5) is 0 Å². The largest absolute Gasteiger partial charge is 0.317 e. The molecule has 1 fully saturated rings. The third-order valence-electron chi connectivity index (χ3n) is 3.83. The number of nitrogens with zero attached hydrogens (tertiary/aromatic N) is 2. The van der Waals surface area contributed by atoms with Crippen molar-refractivity contribution in [3.05, 3.63) is 0 Å². The van der Waals surface area contributed by atoms with E-state index in [2.05, 4.69) is 29.0 Å². The van der Waals surface area contributed by atoms with Crippen molar-refractivity contribution < 1.29 is 0 Å². The monoisotopic (exact) mass is 255 g/mol. The molecule has 18 heavy (non-hydrogen) atoms. The molecule has 1 aliphatic rings. The summed E-state index contributed by atoms with van der Waals surface area (Å²) in [4.78, 5) is 5.25. The number of nitrogens with one attached hydrogen (secondary N) is 1. The van der Waals surface area contributed by atoms with E-state index in [1.165, 1.54) is 77.9 Å². The van der Waals surface area contributed by atoms with Crippen LogP contribution in [-0.4, -0.2) is 62.2 Å². The van der Waals surface area contributed by atoms with Gasteiger partial charge in [-0.15, -0.1) is 0 Å². The number of unbranched alkanes of at least 4 members (excludes halogenated alkanes) is 3. The predicted molar refractivity (Wildman–Crippen MR) is 80.2 cm³/mol. The van der Waals surface area contributed by atoms with E-state index in [1.54, 1.807) is 0 Å². The topological polar surface area (TPSA) is 18.5 Å². The van der Waals surface area contributed by atoms with Gasteiger partial charge < -0.3 is 15.1 Å². The van der Waals surface area contributed by atoms with Gasteiger partial charge in [-0.25, -0.2) is 0 Å². The van der Waals surface area contributed by atoms with Gasteiger partial charge in [0.2, 0.25) is 0 Å². The molecule has 1 saturated heterocycles. The molecule has 0 saturated carbocycles. The molecule has 1 aliphatic heterocycles. The lowest BCUT2D eigenvalue weighted by atomic mass is 10.1. The highest BCUT2D eigenvalue weighted by molar-refractivity contribution is 4.71. The molecule has 1 rings (SSSR count). The second-order valence-electron chi connectivity index (χ2n) is 5.45. The molecule has 3 nitrogen and oxygen atoms in total. The summed E-state index contributed by atoms with van der Waals surface area (Å²) in [5.41, 5.74) is 0. The average Bonchev–Trinajstić information content (AvgIpc) is 2.40. The molecule has 0 aromatic carbocycles. The van der Waals surface area contributed by atoms with Crippen molar-refractivity contribution in [3.63, 3.8) is 0 Å². The maximum absolute atomic E-state index is 3.39. The van der Waals surface area contributed by atoms with Crippen molar-refractivity contribution >= 4 is 0 Å². The molecule has 108 valence electrons. The Kier molecular flexibility index (Phi) is 9.54. The quantitative estimate of drug-likeness (QED) is 0.604. The summed E-state index contributed by atoms with van der Waals surface area (Å²) < 4.78 is 0. The van der Waals surface area contributed by atoms with Gasteiger partial charge in [0, 0.05) is 26.2 Å². The molecular formula is C15H33N3. The van der Waals surface area contributed by atoms with Gasteiger partial charge in [-0.05, 0) is 45.4 Å². The van der Waals surface area contributed by atoms with Gasteiger partial charge in [-0.3, -0.25) is 0 Å². The maximum Gasteiger partial charge on any atom is 0.0110 e. The van der Waals surface area contributed by atoms with E-state index in [0.717, 1.165) is 6.54 Å². The van der Waals surface area contributed by atoms with E-state index in [-0.39, 0.29) is 0 Å². The minimum absolute atomic E-state index is 1.11. The van der Waals surface area contributed by atoms with Crippen LogP contribution in [0.1, 0.15) is 46.0 Å². The molecule has 0 radical (unpaired) electrons. The number of hydrogen-bond donors (Lipinski definition) is 1. The fourth-order valence-electron chi connectivity index (χ4n) is 2.67. The number of piperazine rings is 1. The summed E-state index contributed by atoms with van der Waals surface area (Å²) in [6.45, 7) is 14.5. The van der Waals surface area contributed by atoms with E-state index in [1.807, 2.05) is 0 Å². The smallest absolute Gasteiger partial charge is 0.0110 e. The Bertz CT molecular complexity index is 177. The van der Waals surface area contributed by atoms with Crippen molar-refractivity contribution in [2.75, 3.05) is 52.4 Å². The molecule has 0 unspecified atom stereocenters. The highest BCUT2D eigenvalue weighted by atomic mass is 15.3. The van der Waals surface area contributed by atoms with Crippen molar-refractivity contribution in [1.29, 1.82) is 0 Å². The third-order valence-corrected chi connectivity index (χ3v) is 3.83. The van der Waals surface area contributed by atoms with Crippen LogP contribution in [-0.2, 0) is 0 Å². The Balaban J connectivity index is 1.88. The van der Waals surface area contributed by atoms with Gasteiger partial charge in [0.1, 0.15) is 0 Å². The highest BCUT2D eigenvalue weighted by Crippen LogP contribution is 2.06. The Labute approximate surface area is 114 Å². The SMILES string of the molecule is CCCN1CCN(CCCCCCNCC)CC1. The van der Waals surface area contributed by atoms with Crippen molar-refractivity contribution in [2.45, 2.75) is 46.0 Å². The third kappa shape index (κ3) is 7.34. The molecule has 0 atom stereocenters. The predicted octanol–water partition coefficient (Wildman–Crippen LogP) is 2.18. The summed E-state index contributed by atoms with van der Waals surface area (Å²) in [7, 11) is 0. The van der Waals surface area contributed by atoms with Crippen LogP contribution in [0.5, 0.6) is 0 Å². The molecule has 0 aliphatic carbocycles. The molecule has 1 heterocycles. The van der Waals surface area contributed by atoms with E-state index in [9.17, 15) is 0 Å². The van der Waals surface area contributed by atoms with Gasteiger partial charge in [0.25, 0.3) is 0 Å². The first-order valence-corrected chi connectivity index (χ1v) is 8.02. The lowest BCUT2D eigenvalue weighted by Crippen LogP contribution is -2.46. The second kappa shape index (κ2) is 10.8. The Morgan fingerprint density at radius 3 is 2.00 bits per heavy atom. The zero-order chi connectivity index (χ0) is 13.1. The molecule has 0 aromatic heterocycles. The summed E-state index contributed by atoms with van der Waals surface area (Å²) in [5, 5.41) is 3.39. The van der Waals surface area contributed by atoms with Gasteiger partial charge in [-0.2, -0.15) is 0 Å². The van der Waals surface area contributed by atoms with Gasteiger partial charge >= 0.3 is 0 Å². The molecule has 0 bridgehead atoms. The van der Waals surface area contributed by atoms with Crippen molar-refractivity contribution in [1.82, 2.24) is 15.1 Å². The first-order valence-electron chi connectivity index (χ1n) is 8.02. The van der Waals surface area contributed by atoms with Gasteiger partial charge in [0.15, 0.2) is 0 Å². The fourth-order valence-corrected chi connectivity index (χ4v) is 2.67. The first kappa shape index (κ1) is 15.9. The maximum atomic E-state index is 3.39. The van der Waals surface area contributed by atoms with Crippen molar-refractivity contribution in [2.24, 2.45) is 0 Å². The van der Waals surface area contributed by atoms with Crippen LogP contribution in [0.25, 0.3) is 0 Å². The van der Waals surface area contributed by atoms with E-state index >= 15 is 0 Å². The van der Waals surface area contributed by atoms with Crippen molar-refractivity contribution in [3.8, 4) is 0 Å². The Morgan fingerprint density at radius 1 is 0.778 bits per heavy atom.